The van der Waals surface area contributed by atoms with E-state index in [2.05, 4.69) is 32.9 Å². The number of fused-ring (bicyclic) bond motifs is 1. The lowest BCUT2D eigenvalue weighted by molar-refractivity contribution is 0.173. The lowest BCUT2D eigenvalue weighted by atomic mass is 9.99. The van der Waals surface area contributed by atoms with E-state index >= 15 is 0 Å². The van der Waals surface area contributed by atoms with Crippen molar-refractivity contribution in [3.63, 3.8) is 0 Å². The maximum Gasteiger partial charge on any atom is 0.0953 e. The summed E-state index contributed by atoms with van der Waals surface area (Å²) >= 11 is 0. The predicted octanol–water partition coefficient (Wildman–Crippen LogP) is 1.79. The van der Waals surface area contributed by atoms with Gasteiger partial charge in [0.25, 0.3) is 0 Å². The van der Waals surface area contributed by atoms with Crippen LogP contribution in [0, 0.1) is 0 Å². The molecule has 1 N–H and O–H groups in total. The van der Waals surface area contributed by atoms with Crippen molar-refractivity contribution < 1.29 is 0 Å². The minimum absolute atomic E-state index is 0.660. The van der Waals surface area contributed by atoms with Crippen LogP contribution in [0.3, 0.4) is 0 Å². The fourth-order valence-electron chi connectivity index (χ4n) is 3.47. The maximum atomic E-state index is 4.52. The molecule has 1 aromatic rings. The van der Waals surface area contributed by atoms with Crippen molar-refractivity contribution >= 4 is 0 Å². The van der Waals surface area contributed by atoms with Gasteiger partial charge in [0.2, 0.25) is 0 Å². The molecule has 0 radical (unpaired) electrons. The van der Waals surface area contributed by atoms with E-state index in [0.717, 1.165) is 19.1 Å². The van der Waals surface area contributed by atoms with Gasteiger partial charge in [-0.3, -0.25) is 4.90 Å². The highest BCUT2D eigenvalue weighted by Gasteiger charge is 2.36. The van der Waals surface area contributed by atoms with Gasteiger partial charge in [0.15, 0.2) is 0 Å². The summed E-state index contributed by atoms with van der Waals surface area (Å²) in [6.07, 6.45) is 9.73. The van der Waals surface area contributed by atoms with Gasteiger partial charge in [-0.05, 0) is 32.4 Å². The Morgan fingerprint density at radius 1 is 1.28 bits per heavy atom. The van der Waals surface area contributed by atoms with E-state index in [4.69, 9.17) is 0 Å². The molecule has 4 nitrogen and oxygen atoms in total. The number of hydrogen-bond acceptors (Lipinski definition) is 3. The molecule has 4 heteroatoms. The van der Waals surface area contributed by atoms with Crippen LogP contribution in [0.2, 0.25) is 0 Å². The Balaban J connectivity index is 1.68. The Labute approximate surface area is 109 Å². The Bertz CT molecular complexity index is 387. The van der Waals surface area contributed by atoms with Crippen molar-refractivity contribution in [3.8, 4) is 0 Å². The largest absolute Gasteiger partial charge is 0.332 e. The number of imidazole rings is 1. The van der Waals surface area contributed by atoms with E-state index in [9.17, 15) is 0 Å². The van der Waals surface area contributed by atoms with Crippen LogP contribution in [0.4, 0.5) is 0 Å². The maximum absolute atomic E-state index is 4.52. The third-order valence-corrected chi connectivity index (χ3v) is 4.41. The molecule has 2 unspecified atom stereocenters. The van der Waals surface area contributed by atoms with Gasteiger partial charge in [0, 0.05) is 25.3 Å². The minimum Gasteiger partial charge on any atom is -0.332 e. The summed E-state index contributed by atoms with van der Waals surface area (Å²) in [6, 6.07) is 1.42. The first-order valence-electron chi connectivity index (χ1n) is 7.35. The fourth-order valence-corrected chi connectivity index (χ4v) is 3.47. The summed E-state index contributed by atoms with van der Waals surface area (Å²) in [5.74, 6) is 0. The van der Waals surface area contributed by atoms with Gasteiger partial charge in [-0.25, -0.2) is 4.98 Å². The molecule has 2 aliphatic rings. The van der Waals surface area contributed by atoms with E-state index in [1.807, 2.05) is 6.33 Å². The molecule has 3 heterocycles. The molecule has 100 valence electrons. The number of nitrogens with zero attached hydrogens (tertiary/aromatic N) is 3. The topological polar surface area (TPSA) is 33.1 Å². The lowest BCUT2D eigenvalue weighted by Gasteiger charge is -2.32. The van der Waals surface area contributed by atoms with Gasteiger partial charge in [-0.2, -0.15) is 0 Å². The highest BCUT2D eigenvalue weighted by molar-refractivity contribution is 5.02. The molecule has 0 aliphatic carbocycles. The van der Waals surface area contributed by atoms with Crippen LogP contribution in [-0.4, -0.2) is 40.1 Å². The van der Waals surface area contributed by atoms with Crippen LogP contribution < -0.4 is 5.32 Å². The van der Waals surface area contributed by atoms with Crippen LogP contribution in [0.1, 0.15) is 44.3 Å². The van der Waals surface area contributed by atoms with Crippen LogP contribution in [0.15, 0.2) is 12.5 Å². The van der Waals surface area contributed by atoms with Gasteiger partial charge in [-0.1, -0.05) is 13.3 Å². The zero-order valence-corrected chi connectivity index (χ0v) is 11.3. The normalized spacial score (nSPS) is 28.5. The summed E-state index contributed by atoms with van der Waals surface area (Å²) in [5, 5.41) is 3.34. The lowest BCUT2D eigenvalue weighted by Crippen LogP contribution is -2.37. The van der Waals surface area contributed by atoms with E-state index in [1.165, 1.54) is 44.5 Å². The number of piperidine rings is 1. The van der Waals surface area contributed by atoms with Crippen molar-refractivity contribution in [2.24, 2.45) is 0 Å². The van der Waals surface area contributed by atoms with Crippen molar-refractivity contribution in [1.82, 2.24) is 19.8 Å². The molecular weight excluding hydrogens is 224 g/mol. The number of aromatic nitrogens is 2. The summed E-state index contributed by atoms with van der Waals surface area (Å²) in [7, 11) is 0. The van der Waals surface area contributed by atoms with Crippen molar-refractivity contribution in [3.05, 3.63) is 18.2 Å². The number of nitrogens with one attached hydrogen (secondary N) is 1. The van der Waals surface area contributed by atoms with Crippen LogP contribution in [0.5, 0.6) is 0 Å². The standard InChI is InChI=1S/C14H24N4/c1-2-15-9-12-10-18(11-16-12)14-6-8-17-7-4-3-5-13(14)17/h10-11,13-15H,2-9H2,1H3. The summed E-state index contributed by atoms with van der Waals surface area (Å²) in [6.45, 7) is 6.61. The van der Waals surface area contributed by atoms with Gasteiger partial charge in [0.05, 0.1) is 18.1 Å². The zero-order chi connectivity index (χ0) is 12.4. The zero-order valence-electron chi connectivity index (χ0n) is 11.3. The summed E-state index contributed by atoms with van der Waals surface area (Å²) in [4.78, 5) is 7.20. The molecule has 0 bridgehead atoms. The highest BCUT2D eigenvalue weighted by atomic mass is 15.2. The molecule has 2 aliphatic heterocycles. The van der Waals surface area contributed by atoms with Gasteiger partial charge >= 0.3 is 0 Å². The molecule has 18 heavy (non-hydrogen) atoms. The predicted molar refractivity (Wildman–Crippen MR) is 72.5 cm³/mol. The molecule has 1 aromatic heterocycles. The first-order valence-corrected chi connectivity index (χ1v) is 7.35. The first kappa shape index (κ1) is 12.2. The number of rotatable bonds is 4. The highest BCUT2D eigenvalue weighted by Crippen LogP contribution is 2.34. The monoisotopic (exact) mass is 248 g/mol. The average Bonchev–Trinajstić information content (AvgIpc) is 3.02. The van der Waals surface area contributed by atoms with E-state index < -0.39 is 0 Å². The molecule has 0 amide bonds. The van der Waals surface area contributed by atoms with Gasteiger partial charge < -0.3 is 9.88 Å². The second-order valence-corrected chi connectivity index (χ2v) is 5.55. The van der Waals surface area contributed by atoms with Crippen LogP contribution in [-0.2, 0) is 6.54 Å². The second kappa shape index (κ2) is 5.41. The third kappa shape index (κ3) is 2.31. The van der Waals surface area contributed by atoms with E-state index in [1.54, 1.807) is 0 Å². The van der Waals surface area contributed by atoms with Crippen LogP contribution >= 0.6 is 0 Å². The SMILES string of the molecule is CCNCc1cn(C2CCN3CCCCC23)cn1. The Kier molecular flexibility index (Phi) is 3.66. The quantitative estimate of drug-likeness (QED) is 0.882. The molecule has 0 aromatic carbocycles. The van der Waals surface area contributed by atoms with E-state index in [0.29, 0.717) is 6.04 Å². The fraction of sp³-hybridized carbons (Fsp3) is 0.786. The molecule has 2 atom stereocenters. The molecular formula is C14H24N4. The van der Waals surface area contributed by atoms with Gasteiger partial charge in [0.1, 0.15) is 0 Å². The molecule has 3 rings (SSSR count). The van der Waals surface area contributed by atoms with E-state index in [-0.39, 0.29) is 0 Å². The Hall–Kier alpha value is -0.870. The van der Waals surface area contributed by atoms with Crippen molar-refractivity contribution in [2.45, 2.75) is 51.2 Å². The first-order chi connectivity index (χ1) is 8.88. The smallest absolute Gasteiger partial charge is 0.0953 e. The molecule has 0 saturated carbocycles. The molecule has 2 saturated heterocycles. The average molecular weight is 248 g/mol. The minimum atomic E-state index is 0.660. The third-order valence-electron chi connectivity index (χ3n) is 4.41. The Morgan fingerprint density at radius 3 is 3.11 bits per heavy atom. The van der Waals surface area contributed by atoms with Crippen LogP contribution in [0.25, 0.3) is 0 Å². The Morgan fingerprint density at radius 2 is 2.22 bits per heavy atom. The summed E-state index contributed by atoms with van der Waals surface area (Å²) < 4.78 is 2.36. The van der Waals surface area contributed by atoms with Gasteiger partial charge in [-0.15, -0.1) is 0 Å². The molecule has 2 fully saturated rings. The van der Waals surface area contributed by atoms with Crippen molar-refractivity contribution in [1.29, 1.82) is 0 Å². The summed E-state index contributed by atoms with van der Waals surface area (Å²) in [5.41, 5.74) is 1.17. The second-order valence-electron chi connectivity index (χ2n) is 5.55. The number of hydrogen-bond donors (Lipinski definition) is 1. The van der Waals surface area contributed by atoms with Crippen molar-refractivity contribution in [2.75, 3.05) is 19.6 Å². The molecule has 0 spiro atoms.